The second-order valence-corrected chi connectivity index (χ2v) is 13.0. The molecule has 1 aromatic heterocycles. The fraction of sp³-hybridized carbons (Fsp3) is 0.310. The minimum atomic E-state index is -3.00. The predicted molar refractivity (Wildman–Crippen MR) is 157 cm³/mol. The number of aliphatic hydroxyl groups excluding tert-OH is 1. The summed E-state index contributed by atoms with van der Waals surface area (Å²) in [4.78, 5) is 31.3. The summed E-state index contributed by atoms with van der Waals surface area (Å²) in [5, 5.41) is 16.8. The van der Waals surface area contributed by atoms with Gasteiger partial charge in [0, 0.05) is 53.8 Å². The largest absolute Gasteiger partial charge is 0.390 e. The summed E-state index contributed by atoms with van der Waals surface area (Å²) in [5.41, 5.74) is 6.20. The highest BCUT2D eigenvalue weighted by Crippen LogP contribution is 2.41. The monoisotopic (exact) mass is 582 g/mol. The number of aromatic amines is 1. The van der Waals surface area contributed by atoms with Gasteiger partial charge in [-0.25, -0.2) is 8.42 Å². The molecule has 2 aliphatic heterocycles. The van der Waals surface area contributed by atoms with E-state index in [9.17, 15) is 23.1 Å². The number of hydrogen-bond donors (Lipinski definition) is 4. The van der Waals surface area contributed by atoms with Crippen molar-refractivity contribution < 1.29 is 23.1 Å². The lowest BCUT2D eigenvalue weighted by atomic mass is 9.94. The number of halogens is 1. The molecule has 0 bridgehead atoms. The van der Waals surface area contributed by atoms with Crippen molar-refractivity contribution in [3.63, 3.8) is 0 Å². The molecular weight excluding hydrogens is 552 g/mol. The van der Waals surface area contributed by atoms with Gasteiger partial charge in [0.05, 0.1) is 28.7 Å². The Morgan fingerprint density at radius 3 is 2.55 bits per heavy atom. The van der Waals surface area contributed by atoms with E-state index in [4.69, 9.17) is 11.6 Å². The minimum absolute atomic E-state index is 0.0306. The van der Waals surface area contributed by atoms with Crippen molar-refractivity contribution in [1.29, 1.82) is 0 Å². The molecule has 5 rings (SSSR count). The van der Waals surface area contributed by atoms with E-state index < -0.39 is 15.9 Å². The number of fused-ring (bicyclic) bond motifs is 1. The van der Waals surface area contributed by atoms with Crippen LogP contribution in [0.25, 0.3) is 22.8 Å². The molecule has 2 amide bonds. The van der Waals surface area contributed by atoms with Gasteiger partial charge in [0.25, 0.3) is 11.8 Å². The quantitative estimate of drug-likeness (QED) is 0.316. The topological polar surface area (TPSA) is 132 Å². The maximum atomic E-state index is 13.1. The van der Waals surface area contributed by atoms with Gasteiger partial charge in [-0.2, -0.15) is 0 Å². The number of sulfone groups is 1. The third kappa shape index (κ3) is 5.85. The number of anilines is 1. The number of nitrogens with zero attached hydrogens (tertiary/aromatic N) is 1. The third-order valence-electron chi connectivity index (χ3n) is 7.38. The Labute approximate surface area is 238 Å². The van der Waals surface area contributed by atoms with Gasteiger partial charge in [0.15, 0.2) is 9.84 Å². The number of benzene rings is 2. The first-order chi connectivity index (χ1) is 19.0. The van der Waals surface area contributed by atoms with E-state index in [1.54, 1.807) is 25.1 Å². The number of β-amino-alcohol motifs (C(OH)–C–C–N with tert-alkyl or cyclic N) is 1. The molecule has 3 aromatic rings. The minimum Gasteiger partial charge on any atom is -0.390 e. The molecule has 2 aromatic carbocycles. The highest BCUT2D eigenvalue weighted by atomic mass is 35.5. The van der Waals surface area contributed by atoms with E-state index in [-0.39, 0.29) is 36.4 Å². The van der Waals surface area contributed by atoms with Gasteiger partial charge >= 0.3 is 0 Å². The summed E-state index contributed by atoms with van der Waals surface area (Å²) >= 11 is 6.08. The van der Waals surface area contributed by atoms with Crippen LogP contribution in [0, 0.1) is 13.8 Å². The zero-order chi connectivity index (χ0) is 28.6. The Bertz CT molecular complexity index is 1600. The van der Waals surface area contributed by atoms with Crippen LogP contribution >= 0.6 is 11.6 Å². The van der Waals surface area contributed by atoms with Crippen LogP contribution in [0.15, 0.2) is 42.5 Å². The van der Waals surface area contributed by atoms with Crippen molar-refractivity contribution in [3.05, 3.63) is 75.6 Å². The van der Waals surface area contributed by atoms with E-state index in [2.05, 4.69) is 15.6 Å². The van der Waals surface area contributed by atoms with E-state index in [0.717, 1.165) is 16.7 Å². The molecule has 1 saturated heterocycles. The molecule has 40 heavy (non-hydrogen) atoms. The van der Waals surface area contributed by atoms with Crippen LogP contribution in [0.1, 0.15) is 32.9 Å². The van der Waals surface area contributed by atoms with Crippen LogP contribution in [-0.4, -0.2) is 79.0 Å². The van der Waals surface area contributed by atoms with Crippen molar-refractivity contribution in [3.8, 4) is 11.1 Å². The van der Waals surface area contributed by atoms with Crippen LogP contribution in [-0.2, 0) is 14.6 Å². The molecule has 2 aliphatic rings. The summed E-state index contributed by atoms with van der Waals surface area (Å²) in [6.07, 6.45) is 0.926. The number of hydrogen-bond acceptors (Lipinski definition) is 6. The number of aryl methyl sites for hydroxylation is 1. The van der Waals surface area contributed by atoms with Gasteiger partial charge < -0.3 is 20.7 Å². The van der Waals surface area contributed by atoms with Gasteiger partial charge in [-0.3, -0.25) is 14.5 Å². The standard InChI is InChI=1S/C29H31ClN4O5S/c1-17-25(14-23-27-22(19-6-8-20(30)9-7-19)4-3-5-24(27)33-28(23)36)32-18(2)26(17)29(37)31-15-21(35)16-34-10-12-40(38,39)13-11-34/h3-9,14,21,32,35H,10-13,15-16H2,1-2H3,(H,31,37)(H,33,36). The highest BCUT2D eigenvalue weighted by Gasteiger charge is 2.29. The lowest BCUT2D eigenvalue weighted by molar-refractivity contribution is -0.110. The third-order valence-corrected chi connectivity index (χ3v) is 9.24. The van der Waals surface area contributed by atoms with Crippen LogP contribution < -0.4 is 10.6 Å². The fourth-order valence-electron chi connectivity index (χ4n) is 5.26. The Kier molecular flexibility index (Phi) is 7.87. The average molecular weight is 583 g/mol. The summed E-state index contributed by atoms with van der Waals surface area (Å²) in [5.74, 6) is -0.414. The van der Waals surface area contributed by atoms with Crippen molar-refractivity contribution in [1.82, 2.24) is 15.2 Å². The summed E-state index contributed by atoms with van der Waals surface area (Å²) in [6, 6.07) is 13.1. The SMILES string of the molecule is Cc1[nH]c(C=C2C(=O)Nc3cccc(-c4ccc(Cl)cc4)c32)c(C)c1C(=O)NCC(O)CN1CCS(=O)(=O)CC1. The molecule has 1 atom stereocenters. The number of H-pyrrole nitrogens is 1. The molecule has 0 spiro atoms. The molecule has 1 fully saturated rings. The number of carbonyl (C=O) groups excluding carboxylic acids is 2. The Hall–Kier alpha value is -3.44. The molecule has 1 unspecified atom stereocenters. The number of aromatic nitrogens is 1. The van der Waals surface area contributed by atoms with Crippen molar-refractivity contribution in [2.75, 3.05) is 43.0 Å². The first kappa shape index (κ1) is 28.1. The van der Waals surface area contributed by atoms with Gasteiger partial charge in [0.2, 0.25) is 0 Å². The number of amides is 2. The Morgan fingerprint density at radius 1 is 1.15 bits per heavy atom. The van der Waals surface area contributed by atoms with Crippen LogP contribution in [0.3, 0.4) is 0 Å². The normalized spacial score (nSPS) is 18.4. The Morgan fingerprint density at radius 2 is 1.85 bits per heavy atom. The second kappa shape index (κ2) is 11.2. The smallest absolute Gasteiger partial charge is 0.256 e. The molecule has 3 heterocycles. The molecule has 9 nitrogen and oxygen atoms in total. The molecule has 0 aliphatic carbocycles. The van der Waals surface area contributed by atoms with E-state index >= 15 is 0 Å². The van der Waals surface area contributed by atoms with Gasteiger partial charge in [0.1, 0.15) is 0 Å². The maximum Gasteiger partial charge on any atom is 0.256 e. The van der Waals surface area contributed by atoms with E-state index in [1.165, 1.54) is 0 Å². The molecule has 0 radical (unpaired) electrons. The number of nitrogens with one attached hydrogen (secondary N) is 3. The number of aliphatic hydroxyl groups is 1. The van der Waals surface area contributed by atoms with Crippen LogP contribution in [0.4, 0.5) is 5.69 Å². The number of rotatable bonds is 7. The first-order valence-electron chi connectivity index (χ1n) is 13.0. The highest BCUT2D eigenvalue weighted by molar-refractivity contribution is 7.91. The fourth-order valence-corrected chi connectivity index (χ4v) is 6.66. The summed E-state index contributed by atoms with van der Waals surface area (Å²) in [6.45, 7) is 4.66. The average Bonchev–Trinajstić information content (AvgIpc) is 3.38. The van der Waals surface area contributed by atoms with Gasteiger partial charge in [-0.1, -0.05) is 35.9 Å². The molecular formula is C29H31ClN4O5S. The van der Waals surface area contributed by atoms with Gasteiger partial charge in [-0.15, -0.1) is 0 Å². The lowest BCUT2D eigenvalue weighted by Crippen LogP contribution is -2.46. The number of carbonyl (C=O) groups is 2. The van der Waals surface area contributed by atoms with Crippen molar-refractivity contribution >= 4 is 50.6 Å². The molecule has 4 N–H and O–H groups in total. The molecule has 210 valence electrons. The molecule has 11 heteroatoms. The second-order valence-electron chi connectivity index (χ2n) is 10.2. The van der Waals surface area contributed by atoms with E-state index in [0.29, 0.717) is 51.9 Å². The van der Waals surface area contributed by atoms with E-state index in [1.807, 2.05) is 42.2 Å². The van der Waals surface area contributed by atoms with Crippen molar-refractivity contribution in [2.24, 2.45) is 0 Å². The Balaban J connectivity index is 1.34. The van der Waals surface area contributed by atoms with Gasteiger partial charge in [-0.05, 0) is 54.8 Å². The van der Waals surface area contributed by atoms with Crippen LogP contribution in [0.2, 0.25) is 5.02 Å². The summed E-state index contributed by atoms with van der Waals surface area (Å²) < 4.78 is 23.2. The van der Waals surface area contributed by atoms with Crippen molar-refractivity contribution in [2.45, 2.75) is 20.0 Å². The zero-order valence-corrected chi connectivity index (χ0v) is 23.8. The predicted octanol–water partition coefficient (Wildman–Crippen LogP) is 3.27. The summed E-state index contributed by atoms with van der Waals surface area (Å²) in [7, 11) is -3.00. The first-order valence-corrected chi connectivity index (χ1v) is 15.2. The zero-order valence-electron chi connectivity index (χ0n) is 22.3. The van der Waals surface area contributed by atoms with Crippen LogP contribution in [0.5, 0.6) is 0 Å². The maximum absolute atomic E-state index is 13.1. The molecule has 0 saturated carbocycles. The lowest BCUT2D eigenvalue weighted by Gasteiger charge is -2.28.